The molecule has 2 rings (SSSR count). The molecule has 2 atom stereocenters. The first-order valence-electron chi connectivity index (χ1n) is 8.26. The van der Waals surface area contributed by atoms with Crippen molar-refractivity contribution in [2.75, 3.05) is 19.6 Å². The molecule has 7 heteroatoms. The van der Waals surface area contributed by atoms with E-state index in [1.165, 1.54) is 24.3 Å². The maximum absolute atomic E-state index is 12.3. The van der Waals surface area contributed by atoms with E-state index in [4.69, 9.17) is 0 Å². The Morgan fingerprint density at radius 1 is 1.42 bits per heavy atom. The minimum Gasteiger partial charge on any atom is -0.435 e. The molecule has 1 aliphatic rings. The van der Waals surface area contributed by atoms with Crippen LogP contribution in [-0.4, -0.2) is 48.2 Å². The number of aliphatic hydroxyl groups excluding tert-OH is 1. The van der Waals surface area contributed by atoms with E-state index in [0.717, 1.165) is 32.4 Å². The third kappa shape index (κ3) is 5.14. The van der Waals surface area contributed by atoms with Crippen LogP contribution in [0.25, 0.3) is 0 Å². The van der Waals surface area contributed by atoms with E-state index < -0.39 is 12.7 Å². The number of nitrogens with zero attached hydrogens (tertiary/aromatic N) is 1. The van der Waals surface area contributed by atoms with Crippen molar-refractivity contribution in [2.45, 2.75) is 44.9 Å². The second kappa shape index (κ2) is 8.94. The highest BCUT2D eigenvalue weighted by molar-refractivity contribution is 5.82. The fourth-order valence-corrected chi connectivity index (χ4v) is 2.98. The van der Waals surface area contributed by atoms with Gasteiger partial charge in [0.1, 0.15) is 5.75 Å². The van der Waals surface area contributed by atoms with Crippen molar-refractivity contribution in [2.24, 2.45) is 0 Å². The smallest absolute Gasteiger partial charge is 0.387 e. The van der Waals surface area contributed by atoms with Gasteiger partial charge in [0, 0.05) is 6.54 Å². The van der Waals surface area contributed by atoms with Crippen LogP contribution < -0.4 is 10.1 Å². The highest BCUT2D eigenvalue weighted by atomic mass is 19.3. The Balaban J connectivity index is 1.83. The van der Waals surface area contributed by atoms with E-state index in [1.807, 2.05) is 0 Å². The van der Waals surface area contributed by atoms with E-state index >= 15 is 0 Å². The van der Waals surface area contributed by atoms with Gasteiger partial charge in [-0.25, -0.2) is 0 Å². The lowest BCUT2D eigenvalue weighted by Gasteiger charge is -2.23. The van der Waals surface area contributed by atoms with Crippen molar-refractivity contribution in [1.29, 1.82) is 0 Å². The van der Waals surface area contributed by atoms with Crippen molar-refractivity contribution < 1.29 is 23.4 Å². The largest absolute Gasteiger partial charge is 0.435 e. The maximum atomic E-state index is 12.3. The average Bonchev–Trinajstić information content (AvgIpc) is 3.01. The van der Waals surface area contributed by atoms with Gasteiger partial charge in [-0.15, -0.1) is 0 Å². The molecule has 0 spiro atoms. The van der Waals surface area contributed by atoms with Crippen LogP contribution in [0.2, 0.25) is 0 Å². The Morgan fingerprint density at radius 2 is 2.12 bits per heavy atom. The van der Waals surface area contributed by atoms with Crippen LogP contribution in [-0.2, 0) is 4.79 Å². The fourth-order valence-electron chi connectivity index (χ4n) is 2.98. The number of benzene rings is 1. The van der Waals surface area contributed by atoms with Crippen LogP contribution in [0.15, 0.2) is 24.3 Å². The topological polar surface area (TPSA) is 61.8 Å². The number of carbonyl (C=O) groups is 1. The number of ether oxygens (including phenoxy) is 1. The Labute approximate surface area is 140 Å². The number of likely N-dealkylation sites (tertiary alicyclic amines) is 1. The zero-order valence-electron chi connectivity index (χ0n) is 13.8. The number of rotatable bonds is 8. The summed E-state index contributed by atoms with van der Waals surface area (Å²) in [4.78, 5) is 14.4. The number of amides is 1. The Kier molecular flexibility index (Phi) is 6.93. The SMILES string of the molecule is CCCN1CCCC1C(=O)NCC(O)c1ccc(OC(F)F)cc1. The maximum Gasteiger partial charge on any atom is 0.387 e. The molecule has 5 nitrogen and oxygen atoms in total. The van der Waals surface area contributed by atoms with Gasteiger partial charge in [-0.3, -0.25) is 9.69 Å². The number of halogens is 2. The standard InChI is InChI=1S/C17H24F2N2O3/c1-2-9-21-10-3-4-14(21)16(23)20-11-15(22)12-5-7-13(8-6-12)24-17(18)19/h5-8,14-15,17,22H,2-4,9-11H2,1H3,(H,20,23). The summed E-state index contributed by atoms with van der Waals surface area (Å²) < 4.78 is 28.5. The van der Waals surface area contributed by atoms with Gasteiger partial charge in [-0.1, -0.05) is 19.1 Å². The number of hydrogen-bond acceptors (Lipinski definition) is 4. The van der Waals surface area contributed by atoms with Gasteiger partial charge in [0.25, 0.3) is 0 Å². The summed E-state index contributed by atoms with van der Waals surface area (Å²) in [5.41, 5.74) is 0.536. The van der Waals surface area contributed by atoms with E-state index in [-0.39, 0.29) is 24.2 Å². The molecule has 1 fully saturated rings. The molecule has 1 saturated heterocycles. The van der Waals surface area contributed by atoms with Crippen molar-refractivity contribution in [3.8, 4) is 5.75 Å². The van der Waals surface area contributed by atoms with E-state index in [2.05, 4.69) is 21.9 Å². The molecule has 1 aromatic rings. The molecule has 2 unspecified atom stereocenters. The molecule has 2 N–H and O–H groups in total. The van der Waals surface area contributed by atoms with Gasteiger partial charge in [0.05, 0.1) is 12.1 Å². The van der Waals surface area contributed by atoms with E-state index in [1.54, 1.807) is 0 Å². The molecule has 1 heterocycles. The van der Waals surface area contributed by atoms with E-state index in [9.17, 15) is 18.7 Å². The number of carbonyl (C=O) groups excluding carboxylic acids is 1. The van der Waals surface area contributed by atoms with Gasteiger partial charge in [-0.2, -0.15) is 8.78 Å². The average molecular weight is 342 g/mol. The minimum absolute atomic E-state index is 0.0335. The normalized spacial score (nSPS) is 19.5. The summed E-state index contributed by atoms with van der Waals surface area (Å²) in [5.74, 6) is -0.0381. The molecule has 0 radical (unpaired) electrons. The van der Waals surface area contributed by atoms with Gasteiger partial charge < -0.3 is 15.2 Å². The predicted octanol–water partition coefficient (Wildman–Crippen LogP) is 2.31. The summed E-state index contributed by atoms with van der Waals surface area (Å²) in [6.07, 6.45) is 1.95. The molecular weight excluding hydrogens is 318 g/mol. The Hall–Kier alpha value is -1.73. The van der Waals surface area contributed by atoms with Crippen LogP contribution in [0, 0.1) is 0 Å². The fraction of sp³-hybridized carbons (Fsp3) is 0.588. The van der Waals surface area contributed by atoms with Gasteiger partial charge in [0.2, 0.25) is 5.91 Å². The van der Waals surface area contributed by atoms with Crippen molar-refractivity contribution in [3.63, 3.8) is 0 Å². The Morgan fingerprint density at radius 3 is 2.75 bits per heavy atom. The molecule has 24 heavy (non-hydrogen) atoms. The molecule has 1 amide bonds. The second-order valence-corrected chi connectivity index (χ2v) is 5.90. The van der Waals surface area contributed by atoms with E-state index in [0.29, 0.717) is 5.56 Å². The van der Waals surface area contributed by atoms with Crippen LogP contribution in [0.3, 0.4) is 0 Å². The van der Waals surface area contributed by atoms with Gasteiger partial charge in [0.15, 0.2) is 0 Å². The quantitative estimate of drug-likeness (QED) is 0.761. The lowest BCUT2D eigenvalue weighted by Crippen LogP contribution is -2.44. The molecule has 134 valence electrons. The van der Waals surface area contributed by atoms with Crippen LogP contribution in [0.4, 0.5) is 8.78 Å². The van der Waals surface area contributed by atoms with Crippen LogP contribution >= 0.6 is 0 Å². The summed E-state index contributed by atoms with van der Waals surface area (Å²) in [7, 11) is 0. The molecule has 0 aromatic heterocycles. The van der Waals surface area contributed by atoms with Crippen molar-refractivity contribution in [1.82, 2.24) is 10.2 Å². The molecule has 1 aromatic carbocycles. The number of nitrogens with one attached hydrogen (secondary N) is 1. The lowest BCUT2D eigenvalue weighted by atomic mass is 10.1. The van der Waals surface area contributed by atoms with Gasteiger partial charge in [-0.05, 0) is 50.0 Å². The van der Waals surface area contributed by atoms with Gasteiger partial charge >= 0.3 is 6.61 Å². The number of hydrogen-bond donors (Lipinski definition) is 2. The minimum atomic E-state index is -2.88. The second-order valence-electron chi connectivity index (χ2n) is 5.90. The Bertz CT molecular complexity index is 525. The monoisotopic (exact) mass is 342 g/mol. The summed E-state index contributed by atoms with van der Waals surface area (Å²) in [5, 5.41) is 12.9. The molecular formula is C17H24F2N2O3. The predicted molar refractivity (Wildman–Crippen MR) is 85.9 cm³/mol. The summed E-state index contributed by atoms with van der Waals surface area (Å²) >= 11 is 0. The molecule has 0 saturated carbocycles. The number of alkyl halides is 2. The molecule has 0 aliphatic carbocycles. The third-order valence-corrected chi connectivity index (χ3v) is 4.14. The van der Waals surface area contributed by atoms with Crippen molar-refractivity contribution >= 4 is 5.91 Å². The first-order valence-corrected chi connectivity index (χ1v) is 8.26. The zero-order chi connectivity index (χ0) is 17.5. The molecule has 1 aliphatic heterocycles. The third-order valence-electron chi connectivity index (χ3n) is 4.14. The zero-order valence-corrected chi connectivity index (χ0v) is 13.8. The first kappa shape index (κ1) is 18.6. The van der Waals surface area contributed by atoms with Crippen molar-refractivity contribution in [3.05, 3.63) is 29.8 Å². The lowest BCUT2D eigenvalue weighted by molar-refractivity contribution is -0.126. The molecule has 0 bridgehead atoms. The van der Waals surface area contributed by atoms with Crippen LogP contribution in [0.1, 0.15) is 37.9 Å². The van der Waals surface area contributed by atoms with Crippen LogP contribution in [0.5, 0.6) is 5.75 Å². The first-order chi connectivity index (χ1) is 11.5. The highest BCUT2D eigenvalue weighted by Crippen LogP contribution is 2.20. The number of aliphatic hydroxyl groups is 1. The summed E-state index contributed by atoms with van der Waals surface area (Å²) in [6, 6.07) is 5.62. The highest BCUT2D eigenvalue weighted by Gasteiger charge is 2.29. The summed E-state index contributed by atoms with van der Waals surface area (Å²) in [6.45, 7) is 1.12.